The van der Waals surface area contributed by atoms with Crippen molar-refractivity contribution < 1.29 is 20.1 Å². The van der Waals surface area contributed by atoms with Crippen molar-refractivity contribution in [3.05, 3.63) is 48.5 Å². The zero-order valence-corrected chi connectivity index (χ0v) is 18.2. The zero-order valence-electron chi connectivity index (χ0n) is 18.2. The average Bonchev–Trinajstić information content (AvgIpc) is 3.41. The van der Waals surface area contributed by atoms with Gasteiger partial charge >= 0.3 is 0 Å². The number of nitrogens with one attached hydrogen (secondary N) is 1. The highest BCUT2D eigenvalue weighted by Crippen LogP contribution is 2.50. The van der Waals surface area contributed by atoms with E-state index in [0.717, 1.165) is 0 Å². The molecule has 1 saturated heterocycles. The van der Waals surface area contributed by atoms with Gasteiger partial charge in [0.15, 0.2) is 23.2 Å². The fourth-order valence-corrected chi connectivity index (χ4v) is 6.22. The third-order valence-corrected chi connectivity index (χ3v) is 7.86. The molecule has 2 bridgehead atoms. The second-order valence-corrected chi connectivity index (χ2v) is 9.56. The number of hydrogen-bond acceptors (Lipinski definition) is 8. The van der Waals surface area contributed by atoms with Gasteiger partial charge in [-0.25, -0.2) is 15.0 Å². The van der Waals surface area contributed by atoms with Crippen molar-refractivity contribution in [3.63, 3.8) is 0 Å². The summed E-state index contributed by atoms with van der Waals surface area (Å²) in [6.45, 7) is -0.381. The number of aliphatic hydroxyl groups excluding tert-OH is 3. The average molecular weight is 452 g/mol. The molecule has 3 aromatic rings. The van der Waals surface area contributed by atoms with Crippen molar-refractivity contribution >= 4 is 17.0 Å². The lowest BCUT2D eigenvalue weighted by Crippen LogP contribution is -2.46. The van der Waals surface area contributed by atoms with Gasteiger partial charge in [0.05, 0.1) is 12.9 Å². The quantitative estimate of drug-likeness (QED) is 0.463. The summed E-state index contributed by atoms with van der Waals surface area (Å²) in [5.74, 6) is 2.33. The van der Waals surface area contributed by atoms with Crippen molar-refractivity contribution in [2.75, 3.05) is 11.9 Å². The van der Waals surface area contributed by atoms with Crippen LogP contribution in [-0.4, -0.2) is 65.8 Å². The van der Waals surface area contributed by atoms with Crippen molar-refractivity contribution in [3.8, 4) is 0 Å². The minimum absolute atomic E-state index is 0.261. The van der Waals surface area contributed by atoms with E-state index in [1.807, 2.05) is 0 Å². The minimum Gasteiger partial charge on any atom is -0.394 e. The normalized spacial score (nSPS) is 35.8. The number of ether oxygens (including phenoxy) is 1. The molecule has 4 N–H and O–H groups in total. The summed E-state index contributed by atoms with van der Waals surface area (Å²) in [5.41, 5.74) is 2.48. The molecule has 9 nitrogen and oxygen atoms in total. The van der Waals surface area contributed by atoms with E-state index >= 15 is 0 Å². The number of nitrogens with zero attached hydrogens (tertiary/aromatic N) is 4. The van der Waals surface area contributed by atoms with Crippen LogP contribution in [0.15, 0.2) is 43.0 Å². The SMILES string of the molecule is OC[C@H]1O[C@@H](n2cnc3c(NC4C5CCC(CC5)C4c4ccccc4)ncnc32)[C@H](O)[C@@H]1O. The van der Waals surface area contributed by atoms with E-state index in [4.69, 9.17) is 4.74 Å². The van der Waals surface area contributed by atoms with Gasteiger partial charge in [-0.15, -0.1) is 0 Å². The largest absolute Gasteiger partial charge is 0.394 e. The molecule has 6 atom stereocenters. The third kappa shape index (κ3) is 3.42. The molecular weight excluding hydrogens is 422 g/mol. The first-order valence-electron chi connectivity index (χ1n) is 11.8. The second-order valence-electron chi connectivity index (χ2n) is 9.56. The summed E-state index contributed by atoms with van der Waals surface area (Å²) in [5, 5.41) is 33.8. The van der Waals surface area contributed by atoms with Crippen LogP contribution in [0.5, 0.6) is 0 Å². The Kier molecular flexibility index (Phi) is 5.29. The summed E-state index contributed by atoms with van der Waals surface area (Å²) in [6, 6.07) is 11.0. The number of rotatable bonds is 5. The molecule has 0 spiro atoms. The standard InChI is InChI=1S/C24H29N5O4/c30-10-16-20(31)21(32)24(33-16)29-12-27-19-22(25-11-26-23(19)29)28-18-15-8-6-14(7-9-15)17(18)13-4-2-1-3-5-13/h1-5,11-12,14-18,20-21,24,30-32H,6-10H2,(H,25,26,28)/t14?,15?,16-,17?,18?,20-,21-,24-/m1/s1. The van der Waals surface area contributed by atoms with E-state index in [0.29, 0.717) is 34.7 Å². The number of imidazole rings is 1. The summed E-state index contributed by atoms with van der Waals surface area (Å²) in [6.07, 6.45) is 3.90. The van der Waals surface area contributed by atoms with Crippen LogP contribution in [0.2, 0.25) is 0 Å². The van der Waals surface area contributed by atoms with Crippen LogP contribution in [0.3, 0.4) is 0 Å². The van der Waals surface area contributed by atoms with Crippen LogP contribution in [0, 0.1) is 11.8 Å². The number of hydrogen-bond donors (Lipinski definition) is 4. The molecule has 0 amide bonds. The van der Waals surface area contributed by atoms with Gasteiger partial charge in [-0.3, -0.25) is 4.57 Å². The Morgan fingerprint density at radius 2 is 1.73 bits per heavy atom. The van der Waals surface area contributed by atoms with E-state index < -0.39 is 24.5 Å². The first-order chi connectivity index (χ1) is 16.2. The highest BCUT2D eigenvalue weighted by Gasteiger charge is 2.46. The van der Waals surface area contributed by atoms with Crippen molar-refractivity contribution in [1.29, 1.82) is 0 Å². The van der Waals surface area contributed by atoms with E-state index in [-0.39, 0.29) is 12.6 Å². The van der Waals surface area contributed by atoms with E-state index in [2.05, 4.69) is 50.6 Å². The Morgan fingerprint density at radius 3 is 2.45 bits per heavy atom. The topological polar surface area (TPSA) is 126 Å². The van der Waals surface area contributed by atoms with Crippen LogP contribution >= 0.6 is 0 Å². The fourth-order valence-electron chi connectivity index (χ4n) is 6.22. The number of benzene rings is 1. The molecule has 9 heteroatoms. The minimum atomic E-state index is -1.19. The molecule has 174 valence electrons. The number of fused-ring (bicyclic) bond motifs is 4. The van der Waals surface area contributed by atoms with Gasteiger partial charge in [-0.2, -0.15) is 0 Å². The van der Waals surface area contributed by atoms with Gasteiger partial charge in [-0.05, 0) is 43.1 Å². The van der Waals surface area contributed by atoms with E-state index in [1.165, 1.54) is 37.6 Å². The van der Waals surface area contributed by atoms with Crippen molar-refractivity contribution in [2.45, 2.75) is 62.2 Å². The van der Waals surface area contributed by atoms with Crippen molar-refractivity contribution in [1.82, 2.24) is 19.5 Å². The first kappa shape index (κ1) is 21.0. The molecule has 3 aliphatic carbocycles. The molecule has 2 unspecified atom stereocenters. The number of aliphatic hydroxyl groups is 3. The lowest BCUT2D eigenvalue weighted by molar-refractivity contribution is -0.0511. The molecule has 7 rings (SSSR count). The highest BCUT2D eigenvalue weighted by molar-refractivity contribution is 5.83. The Balaban J connectivity index is 1.33. The smallest absolute Gasteiger partial charge is 0.167 e. The Hall–Kier alpha value is -2.59. The lowest BCUT2D eigenvalue weighted by atomic mass is 9.60. The molecule has 1 aromatic carbocycles. The Bertz CT molecular complexity index is 1120. The maximum Gasteiger partial charge on any atom is 0.167 e. The summed E-state index contributed by atoms with van der Waals surface area (Å²) in [4.78, 5) is 13.5. The third-order valence-electron chi connectivity index (χ3n) is 7.86. The van der Waals surface area contributed by atoms with Gasteiger partial charge in [0.1, 0.15) is 24.6 Å². The van der Waals surface area contributed by atoms with Gasteiger partial charge in [0, 0.05) is 12.0 Å². The molecule has 4 aliphatic rings. The zero-order chi connectivity index (χ0) is 22.5. The summed E-state index contributed by atoms with van der Waals surface area (Å²) >= 11 is 0. The fraction of sp³-hybridized carbons (Fsp3) is 0.542. The van der Waals surface area contributed by atoms with E-state index in [9.17, 15) is 15.3 Å². The Labute approximate surface area is 191 Å². The van der Waals surface area contributed by atoms with Crippen LogP contribution in [0.4, 0.5) is 5.82 Å². The molecule has 4 fully saturated rings. The lowest BCUT2D eigenvalue weighted by Gasteiger charge is -2.49. The van der Waals surface area contributed by atoms with Gasteiger partial charge in [0.2, 0.25) is 0 Å². The van der Waals surface area contributed by atoms with Crippen LogP contribution < -0.4 is 5.32 Å². The molecule has 3 saturated carbocycles. The van der Waals surface area contributed by atoms with E-state index in [1.54, 1.807) is 10.9 Å². The second kappa shape index (κ2) is 8.32. The first-order valence-corrected chi connectivity index (χ1v) is 11.8. The predicted molar refractivity (Wildman–Crippen MR) is 120 cm³/mol. The molecule has 3 heterocycles. The predicted octanol–water partition coefficient (Wildman–Crippen LogP) is 1.82. The molecular formula is C24H29N5O4. The summed E-state index contributed by atoms with van der Waals surface area (Å²) < 4.78 is 7.29. The maximum atomic E-state index is 10.5. The van der Waals surface area contributed by atoms with Gasteiger partial charge < -0.3 is 25.4 Å². The maximum absolute atomic E-state index is 10.5. The monoisotopic (exact) mass is 451 g/mol. The van der Waals surface area contributed by atoms with Crippen LogP contribution in [0.25, 0.3) is 11.2 Å². The van der Waals surface area contributed by atoms with Crippen LogP contribution in [-0.2, 0) is 4.74 Å². The molecule has 0 radical (unpaired) electrons. The number of anilines is 1. The highest BCUT2D eigenvalue weighted by atomic mass is 16.6. The van der Waals surface area contributed by atoms with Crippen molar-refractivity contribution in [2.24, 2.45) is 11.8 Å². The Morgan fingerprint density at radius 1 is 0.970 bits per heavy atom. The number of aromatic nitrogens is 4. The van der Waals surface area contributed by atoms with Gasteiger partial charge in [-0.1, -0.05) is 30.3 Å². The molecule has 33 heavy (non-hydrogen) atoms. The van der Waals surface area contributed by atoms with Crippen LogP contribution in [0.1, 0.15) is 43.4 Å². The summed E-state index contributed by atoms with van der Waals surface area (Å²) in [7, 11) is 0. The van der Waals surface area contributed by atoms with Gasteiger partial charge in [0.25, 0.3) is 0 Å². The molecule has 2 aromatic heterocycles. The molecule has 1 aliphatic heterocycles.